The summed E-state index contributed by atoms with van der Waals surface area (Å²) < 4.78 is 5.21. The predicted molar refractivity (Wildman–Crippen MR) is 157 cm³/mol. The average Bonchev–Trinajstić information content (AvgIpc) is 3.51. The number of rotatable bonds is 8. The lowest BCUT2D eigenvalue weighted by Gasteiger charge is -2.38. The van der Waals surface area contributed by atoms with Gasteiger partial charge in [0.1, 0.15) is 17.8 Å². The molecular formula is C33H34N4O4. The van der Waals surface area contributed by atoms with E-state index in [0.717, 1.165) is 39.0 Å². The lowest BCUT2D eigenvalue weighted by Crippen LogP contribution is -2.57. The number of aromatic amines is 1. The highest BCUT2D eigenvalue weighted by molar-refractivity contribution is 6.04. The normalized spacial score (nSPS) is 18.0. The Kier molecular flexibility index (Phi) is 6.99. The fourth-order valence-electron chi connectivity index (χ4n) is 6.15. The van der Waals surface area contributed by atoms with Crippen LogP contribution in [0.2, 0.25) is 0 Å². The molecule has 3 amide bonds. The van der Waals surface area contributed by atoms with Crippen molar-refractivity contribution in [1.29, 1.82) is 0 Å². The molecule has 0 aliphatic carbocycles. The van der Waals surface area contributed by atoms with Gasteiger partial charge in [0.25, 0.3) is 5.91 Å². The fourth-order valence-corrected chi connectivity index (χ4v) is 6.15. The SMILES string of the molecule is COc1ccc(CCNC(=O)[C@@H](NC(=O)[C@@H]2Cc3c([nH]c4ccccc34)C3c4ccccc4C(=O)N32)C(C)C)cc1. The van der Waals surface area contributed by atoms with Gasteiger partial charge in [-0.1, -0.05) is 62.4 Å². The first-order valence-electron chi connectivity index (χ1n) is 14.1. The molecule has 1 aromatic heterocycles. The van der Waals surface area contributed by atoms with Crippen molar-refractivity contribution in [2.45, 2.75) is 44.8 Å². The van der Waals surface area contributed by atoms with Crippen molar-refractivity contribution >= 4 is 28.6 Å². The monoisotopic (exact) mass is 550 g/mol. The van der Waals surface area contributed by atoms with Gasteiger partial charge < -0.3 is 25.3 Å². The van der Waals surface area contributed by atoms with E-state index in [1.165, 1.54) is 0 Å². The molecule has 210 valence electrons. The number of methoxy groups -OCH3 is 1. The van der Waals surface area contributed by atoms with E-state index in [4.69, 9.17) is 4.74 Å². The first-order chi connectivity index (χ1) is 19.9. The Morgan fingerprint density at radius 3 is 2.51 bits per heavy atom. The number of hydrogen-bond donors (Lipinski definition) is 3. The van der Waals surface area contributed by atoms with Crippen LogP contribution in [0, 0.1) is 5.92 Å². The highest BCUT2D eigenvalue weighted by Crippen LogP contribution is 2.46. The second-order valence-electron chi connectivity index (χ2n) is 11.1. The van der Waals surface area contributed by atoms with Crippen molar-refractivity contribution < 1.29 is 19.1 Å². The number of ether oxygens (including phenoxy) is 1. The average molecular weight is 551 g/mol. The van der Waals surface area contributed by atoms with Crippen LogP contribution >= 0.6 is 0 Å². The second kappa shape index (κ2) is 10.8. The molecule has 1 unspecified atom stereocenters. The van der Waals surface area contributed by atoms with Crippen LogP contribution in [-0.4, -0.2) is 53.3 Å². The molecule has 0 saturated heterocycles. The van der Waals surface area contributed by atoms with Gasteiger partial charge in [0.05, 0.1) is 13.2 Å². The summed E-state index contributed by atoms with van der Waals surface area (Å²) in [5, 5.41) is 7.04. The van der Waals surface area contributed by atoms with E-state index in [2.05, 4.69) is 15.6 Å². The molecule has 0 fully saturated rings. The summed E-state index contributed by atoms with van der Waals surface area (Å²) in [6.07, 6.45) is 1.02. The Morgan fingerprint density at radius 1 is 1.02 bits per heavy atom. The Balaban J connectivity index is 1.23. The Hall–Kier alpha value is -4.59. The van der Waals surface area contributed by atoms with Gasteiger partial charge in [-0.2, -0.15) is 0 Å². The summed E-state index contributed by atoms with van der Waals surface area (Å²) in [6.45, 7) is 4.26. The van der Waals surface area contributed by atoms with Gasteiger partial charge in [0.2, 0.25) is 11.8 Å². The number of para-hydroxylation sites is 1. The van der Waals surface area contributed by atoms with Gasteiger partial charge >= 0.3 is 0 Å². The second-order valence-corrected chi connectivity index (χ2v) is 11.1. The summed E-state index contributed by atoms with van der Waals surface area (Å²) in [5.74, 6) is -0.0895. The summed E-state index contributed by atoms with van der Waals surface area (Å²) in [5.41, 5.74) is 5.54. The number of fused-ring (bicyclic) bond motifs is 7. The van der Waals surface area contributed by atoms with Gasteiger partial charge in [0.15, 0.2) is 0 Å². The molecule has 6 rings (SSSR count). The van der Waals surface area contributed by atoms with Gasteiger partial charge in [-0.15, -0.1) is 0 Å². The lowest BCUT2D eigenvalue weighted by atomic mass is 9.89. The highest BCUT2D eigenvalue weighted by atomic mass is 16.5. The number of nitrogens with zero attached hydrogens (tertiary/aromatic N) is 1. The van der Waals surface area contributed by atoms with Crippen molar-refractivity contribution in [2.24, 2.45) is 5.92 Å². The maximum atomic E-state index is 14.0. The molecule has 8 heteroatoms. The van der Waals surface area contributed by atoms with Gasteiger partial charge in [-0.25, -0.2) is 0 Å². The fraction of sp³-hybridized carbons (Fsp3) is 0.303. The van der Waals surface area contributed by atoms with Crippen molar-refractivity contribution in [3.8, 4) is 5.75 Å². The lowest BCUT2D eigenvalue weighted by molar-refractivity contribution is -0.132. The molecule has 3 N–H and O–H groups in total. The van der Waals surface area contributed by atoms with E-state index in [1.807, 2.05) is 86.6 Å². The summed E-state index contributed by atoms with van der Waals surface area (Å²) in [6, 6.07) is 21.4. The number of carbonyl (C=O) groups is 3. The maximum absolute atomic E-state index is 14.0. The molecule has 2 aliphatic heterocycles. The largest absolute Gasteiger partial charge is 0.497 e. The van der Waals surface area contributed by atoms with Crippen LogP contribution in [0.25, 0.3) is 10.9 Å². The number of hydrogen-bond acceptors (Lipinski definition) is 4. The van der Waals surface area contributed by atoms with Crippen molar-refractivity contribution in [3.63, 3.8) is 0 Å². The molecule has 2 aliphatic rings. The predicted octanol–water partition coefficient (Wildman–Crippen LogP) is 4.15. The van der Waals surface area contributed by atoms with Crippen molar-refractivity contribution in [3.05, 3.63) is 101 Å². The zero-order valence-electron chi connectivity index (χ0n) is 23.4. The molecule has 0 spiro atoms. The zero-order chi connectivity index (χ0) is 28.7. The molecule has 3 aromatic carbocycles. The number of benzene rings is 3. The Labute approximate surface area is 239 Å². The number of amides is 3. The van der Waals surface area contributed by atoms with Crippen LogP contribution in [0.3, 0.4) is 0 Å². The maximum Gasteiger partial charge on any atom is 0.255 e. The molecule has 8 nitrogen and oxygen atoms in total. The third kappa shape index (κ3) is 4.73. The zero-order valence-corrected chi connectivity index (χ0v) is 23.4. The van der Waals surface area contributed by atoms with E-state index in [1.54, 1.807) is 12.0 Å². The number of aromatic nitrogens is 1. The number of H-pyrrole nitrogens is 1. The smallest absolute Gasteiger partial charge is 0.255 e. The standard InChI is InChI=1S/C33H34N4O4/c1-19(2)28(32(39)34-17-16-20-12-14-21(41-3)15-13-20)36-31(38)27-18-25-22-8-6-7-11-26(22)35-29(25)30-23-9-4-5-10-24(23)33(40)37(27)30/h4-15,19,27-28,30,35H,16-18H2,1-3H3,(H,34,39)(H,36,38)/t27-,28-,30?/m0/s1. The quantitative estimate of drug-likeness (QED) is 0.307. The Bertz CT molecular complexity index is 1620. The van der Waals surface area contributed by atoms with Crippen LogP contribution in [0.15, 0.2) is 72.8 Å². The third-order valence-electron chi connectivity index (χ3n) is 8.27. The van der Waals surface area contributed by atoms with Crippen LogP contribution in [0.4, 0.5) is 0 Å². The molecule has 0 radical (unpaired) electrons. The van der Waals surface area contributed by atoms with Gasteiger partial charge in [-0.3, -0.25) is 14.4 Å². The van der Waals surface area contributed by atoms with Crippen LogP contribution in [0.1, 0.15) is 52.6 Å². The molecule has 4 aromatic rings. The summed E-state index contributed by atoms with van der Waals surface area (Å²) in [7, 11) is 1.63. The Morgan fingerprint density at radius 2 is 1.76 bits per heavy atom. The molecule has 41 heavy (non-hydrogen) atoms. The van der Waals surface area contributed by atoms with E-state index in [9.17, 15) is 14.4 Å². The van der Waals surface area contributed by atoms with E-state index < -0.39 is 12.1 Å². The van der Waals surface area contributed by atoms with E-state index in [0.29, 0.717) is 24.9 Å². The first kappa shape index (κ1) is 26.6. The molecule has 0 bridgehead atoms. The number of nitrogens with one attached hydrogen (secondary N) is 3. The molecule has 3 atom stereocenters. The third-order valence-corrected chi connectivity index (χ3v) is 8.27. The molecule has 3 heterocycles. The molecule has 0 saturated carbocycles. The highest BCUT2D eigenvalue weighted by Gasteiger charge is 2.49. The first-order valence-corrected chi connectivity index (χ1v) is 14.1. The van der Waals surface area contributed by atoms with E-state index >= 15 is 0 Å². The van der Waals surface area contributed by atoms with Crippen LogP contribution in [-0.2, 0) is 22.4 Å². The summed E-state index contributed by atoms with van der Waals surface area (Å²) >= 11 is 0. The summed E-state index contributed by atoms with van der Waals surface area (Å²) in [4.78, 5) is 46.1. The number of carbonyl (C=O) groups excluding carboxylic acids is 3. The minimum atomic E-state index is -0.750. The minimum absolute atomic E-state index is 0.144. The van der Waals surface area contributed by atoms with Crippen molar-refractivity contribution in [2.75, 3.05) is 13.7 Å². The van der Waals surface area contributed by atoms with Gasteiger partial charge in [0, 0.05) is 35.1 Å². The van der Waals surface area contributed by atoms with E-state index in [-0.39, 0.29) is 29.7 Å². The molecular weight excluding hydrogens is 516 g/mol. The minimum Gasteiger partial charge on any atom is -0.497 e. The van der Waals surface area contributed by atoms with Crippen LogP contribution in [0.5, 0.6) is 5.75 Å². The van der Waals surface area contributed by atoms with Crippen LogP contribution < -0.4 is 15.4 Å². The topological polar surface area (TPSA) is 104 Å². The van der Waals surface area contributed by atoms with Gasteiger partial charge in [-0.05, 0) is 53.3 Å². The van der Waals surface area contributed by atoms with Crippen molar-refractivity contribution in [1.82, 2.24) is 20.5 Å².